The Kier molecular flexibility index (Phi) is 5.36. The number of carbonyl (C=O) groups excluding carboxylic acids is 1. The van der Waals surface area contributed by atoms with E-state index < -0.39 is 0 Å². The van der Waals surface area contributed by atoms with Gasteiger partial charge in [-0.05, 0) is 24.1 Å². The molecule has 82 valence electrons. The molecule has 0 heterocycles. The van der Waals surface area contributed by atoms with Gasteiger partial charge < -0.3 is 10.4 Å². The van der Waals surface area contributed by atoms with Gasteiger partial charge in [-0.2, -0.15) is 0 Å². The van der Waals surface area contributed by atoms with E-state index in [0.717, 1.165) is 10.0 Å². The maximum Gasteiger partial charge on any atom is 0.220 e. The molecule has 2 N–H and O–H groups in total. The lowest BCUT2D eigenvalue weighted by atomic mass is 10.2. The third-order valence-corrected chi connectivity index (χ3v) is 2.43. The van der Waals surface area contributed by atoms with E-state index in [4.69, 9.17) is 5.11 Å². The molecular weight excluding hydrogens is 258 g/mol. The number of benzene rings is 1. The molecule has 1 aromatic rings. The van der Waals surface area contributed by atoms with Gasteiger partial charge in [0.1, 0.15) is 0 Å². The van der Waals surface area contributed by atoms with Crippen LogP contribution in [0.25, 0.3) is 0 Å². The van der Waals surface area contributed by atoms with Crippen LogP contribution in [0.15, 0.2) is 28.7 Å². The van der Waals surface area contributed by atoms with Gasteiger partial charge in [0, 0.05) is 24.0 Å². The highest BCUT2D eigenvalue weighted by Gasteiger charge is 2.00. The molecule has 0 aliphatic heterocycles. The van der Waals surface area contributed by atoms with E-state index in [9.17, 15) is 4.79 Å². The number of carbonyl (C=O) groups is 1. The fraction of sp³-hybridized carbons (Fsp3) is 0.364. The average molecular weight is 272 g/mol. The monoisotopic (exact) mass is 271 g/mol. The summed E-state index contributed by atoms with van der Waals surface area (Å²) < 4.78 is 1.00. The van der Waals surface area contributed by atoms with Gasteiger partial charge in [-0.25, -0.2) is 0 Å². The Morgan fingerprint density at radius 2 is 2.27 bits per heavy atom. The second-order valence-corrected chi connectivity index (χ2v) is 4.15. The predicted molar refractivity (Wildman–Crippen MR) is 62.3 cm³/mol. The summed E-state index contributed by atoms with van der Waals surface area (Å²) in [7, 11) is 0. The van der Waals surface area contributed by atoms with E-state index in [1.54, 1.807) is 0 Å². The number of aliphatic hydroxyl groups is 1. The normalized spacial score (nSPS) is 10.0. The van der Waals surface area contributed by atoms with E-state index in [1.165, 1.54) is 0 Å². The molecule has 0 aliphatic rings. The fourth-order valence-electron chi connectivity index (χ4n) is 1.18. The molecule has 0 atom stereocenters. The molecule has 0 radical (unpaired) electrons. The number of rotatable bonds is 5. The Hall–Kier alpha value is -0.870. The molecule has 0 unspecified atom stereocenters. The molecule has 1 rings (SSSR count). The SMILES string of the molecule is O=C(CCCO)NCc1cccc(Br)c1. The molecule has 1 aromatic carbocycles. The molecular formula is C11H14BrNO2. The smallest absolute Gasteiger partial charge is 0.220 e. The first kappa shape index (κ1) is 12.2. The number of hydrogen-bond acceptors (Lipinski definition) is 2. The molecule has 0 saturated carbocycles. The van der Waals surface area contributed by atoms with Crippen molar-refractivity contribution in [3.63, 3.8) is 0 Å². The lowest BCUT2D eigenvalue weighted by Crippen LogP contribution is -2.22. The Morgan fingerprint density at radius 1 is 1.47 bits per heavy atom. The van der Waals surface area contributed by atoms with E-state index in [-0.39, 0.29) is 12.5 Å². The molecule has 0 aliphatic carbocycles. The van der Waals surface area contributed by atoms with E-state index >= 15 is 0 Å². The Morgan fingerprint density at radius 3 is 2.93 bits per heavy atom. The van der Waals surface area contributed by atoms with Crippen LogP contribution in [0.2, 0.25) is 0 Å². The first-order valence-corrected chi connectivity index (χ1v) is 5.63. The minimum Gasteiger partial charge on any atom is -0.396 e. The van der Waals surface area contributed by atoms with Crippen molar-refractivity contribution in [2.45, 2.75) is 19.4 Å². The van der Waals surface area contributed by atoms with Crippen molar-refractivity contribution in [1.29, 1.82) is 0 Å². The lowest BCUT2D eigenvalue weighted by Gasteiger charge is -2.04. The van der Waals surface area contributed by atoms with Gasteiger partial charge in [0.05, 0.1) is 0 Å². The van der Waals surface area contributed by atoms with Crippen LogP contribution in [0, 0.1) is 0 Å². The van der Waals surface area contributed by atoms with Crippen molar-refractivity contribution in [2.75, 3.05) is 6.61 Å². The largest absolute Gasteiger partial charge is 0.396 e. The van der Waals surface area contributed by atoms with Crippen LogP contribution in [-0.4, -0.2) is 17.6 Å². The van der Waals surface area contributed by atoms with Crippen molar-refractivity contribution in [3.8, 4) is 0 Å². The van der Waals surface area contributed by atoms with Crippen LogP contribution in [0.1, 0.15) is 18.4 Å². The number of aliphatic hydroxyl groups excluding tert-OH is 1. The summed E-state index contributed by atoms with van der Waals surface area (Å²) in [5, 5.41) is 11.3. The van der Waals surface area contributed by atoms with Gasteiger partial charge in [0.15, 0.2) is 0 Å². The van der Waals surface area contributed by atoms with Crippen LogP contribution in [0.5, 0.6) is 0 Å². The molecule has 4 heteroatoms. The number of amides is 1. The van der Waals surface area contributed by atoms with E-state index in [0.29, 0.717) is 19.4 Å². The van der Waals surface area contributed by atoms with E-state index in [2.05, 4.69) is 21.2 Å². The number of hydrogen-bond donors (Lipinski definition) is 2. The van der Waals surface area contributed by atoms with Crippen molar-refractivity contribution in [1.82, 2.24) is 5.32 Å². The average Bonchev–Trinajstić information content (AvgIpc) is 2.23. The molecule has 0 spiro atoms. The third-order valence-electron chi connectivity index (χ3n) is 1.94. The zero-order valence-corrected chi connectivity index (χ0v) is 9.96. The maximum atomic E-state index is 11.2. The Labute approximate surface area is 97.6 Å². The first-order chi connectivity index (χ1) is 7.22. The molecule has 0 fully saturated rings. The van der Waals surface area contributed by atoms with Crippen LogP contribution in [0.3, 0.4) is 0 Å². The number of halogens is 1. The second kappa shape index (κ2) is 6.58. The van der Waals surface area contributed by atoms with Crippen LogP contribution in [0.4, 0.5) is 0 Å². The van der Waals surface area contributed by atoms with Crippen molar-refractivity contribution >= 4 is 21.8 Å². The molecule has 0 aromatic heterocycles. The highest BCUT2D eigenvalue weighted by molar-refractivity contribution is 9.10. The third kappa shape index (κ3) is 4.95. The molecule has 0 bridgehead atoms. The summed E-state index contributed by atoms with van der Waals surface area (Å²) >= 11 is 3.37. The Bertz CT molecular complexity index is 328. The predicted octanol–water partition coefficient (Wildman–Crippen LogP) is 1.84. The van der Waals surface area contributed by atoms with Crippen molar-refractivity contribution in [3.05, 3.63) is 34.3 Å². The van der Waals surface area contributed by atoms with Gasteiger partial charge in [0.2, 0.25) is 5.91 Å². The van der Waals surface area contributed by atoms with Crippen molar-refractivity contribution < 1.29 is 9.90 Å². The van der Waals surface area contributed by atoms with Gasteiger partial charge in [-0.1, -0.05) is 28.1 Å². The molecule has 1 amide bonds. The minimum absolute atomic E-state index is 0.0241. The lowest BCUT2D eigenvalue weighted by molar-refractivity contribution is -0.121. The standard InChI is InChI=1S/C11H14BrNO2/c12-10-4-1-3-9(7-10)8-13-11(15)5-2-6-14/h1,3-4,7,14H,2,5-6,8H2,(H,13,15). The summed E-state index contributed by atoms with van der Waals surface area (Å²) in [5.74, 6) is -0.0241. The van der Waals surface area contributed by atoms with Gasteiger partial charge >= 0.3 is 0 Å². The summed E-state index contributed by atoms with van der Waals surface area (Å²) in [6.07, 6.45) is 0.898. The Balaban J connectivity index is 2.33. The summed E-state index contributed by atoms with van der Waals surface area (Å²) in [5.41, 5.74) is 1.06. The quantitative estimate of drug-likeness (QED) is 0.859. The van der Waals surface area contributed by atoms with Gasteiger partial charge in [-0.15, -0.1) is 0 Å². The minimum atomic E-state index is -0.0241. The second-order valence-electron chi connectivity index (χ2n) is 3.23. The molecule has 0 saturated heterocycles. The molecule has 15 heavy (non-hydrogen) atoms. The first-order valence-electron chi connectivity index (χ1n) is 4.84. The molecule has 3 nitrogen and oxygen atoms in total. The fourth-order valence-corrected chi connectivity index (χ4v) is 1.62. The maximum absolute atomic E-state index is 11.2. The van der Waals surface area contributed by atoms with E-state index in [1.807, 2.05) is 24.3 Å². The zero-order valence-electron chi connectivity index (χ0n) is 8.37. The van der Waals surface area contributed by atoms with Gasteiger partial charge in [0.25, 0.3) is 0 Å². The highest BCUT2D eigenvalue weighted by atomic mass is 79.9. The zero-order chi connectivity index (χ0) is 11.1. The number of nitrogens with one attached hydrogen (secondary N) is 1. The van der Waals surface area contributed by atoms with Crippen LogP contribution < -0.4 is 5.32 Å². The van der Waals surface area contributed by atoms with Crippen molar-refractivity contribution in [2.24, 2.45) is 0 Å². The summed E-state index contributed by atoms with van der Waals surface area (Å²) in [6, 6.07) is 7.79. The highest BCUT2D eigenvalue weighted by Crippen LogP contribution is 2.11. The topological polar surface area (TPSA) is 49.3 Å². The summed E-state index contributed by atoms with van der Waals surface area (Å²) in [4.78, 5) is 11.2. The van der Waals surface area contributed by atoms with Gasteiger partial charge in [-0.3, -0.25) is 4.79 Å². The van der Waals surface area contributed by atoms with Crippen LogP contribution in [-0.2, 0) is 11.3 Å². The van der Waals surface area contributed by atoms with Crippen LogP contribution >= 0.6 is 15.9 Å². The summed E-state index contributed by atoms with van der Waals surface area (Å²) in [6.45, 7) is 0.591.